The first-order chi connectivity index (χ1) is 7.25. The van der Waals surface area contributed by atoms with E-state index in [1.54, 1.807) is 0 Å². The van der Waals surface area contributed by atoms with E-state index in [1.165, 1.54) is 29.8 Å². The Morgan fingerprint density at radius 3 is 2.73 bits per heavy atom. The normalized spacial score (nSPS) is 16.4. The lowest BCUT2D eigenvalue weighted by Crippen LogP contribution is -2.47. The van der Waals surface area contributed by atoms with E-state index in [-0.39, 0.29) is 0 Å². The molecule has 2 N–H and O–H groups in total. The van der Waals surface area contributed by atoms with Gasteiger partial charge >= 0.3 is 0 Å². The van der Waals surface area contributed by atoms with Crippen LogP contribution in [-0.4, -0.2) is 19.6 Å². The summed E-state index contributed by atoms with van der Waals surface area (Å²) in [5.41, 5.74) is 4.17. The molecule has 0 unspecified atom stereocenters. The van der Waals surface area contributed by atoms with Crippen LogP contribution in [-0.2, 0) is 6.54 Å². The summed E-state index contributed by atoms with van der Waals surface area (Å²) in [6, 6.07) is 6.67. The van der Waals surface area contributed by atoms with Gasteiger partial charge in [-0.1, -0.05) is 23.8 Å². The van der Waals surface area contributed by atoms with E-state index < -0.39 is 0 Å². The lowest BCUT2D eigenvalue weighted by molar-refractivity contribution is 0.331. The number of hydrogen-bond acceptors (Lipinski definition) is 2. The van der Waals surface area contributed by atoms with Crippen LogP contribution < -0.4 is 10.6 Å². The van der Waals surface area contributed by atoms with Crippen molar-refractivity contribution in [2.45, 2.75) is 20.4 Å². The Morgan fingerprint density at radius 2 is 2.13 bits per heavy atom. The molecule has 82 valence electrons. The van der Waals surface area contributed by atoms with Gasteiger partial charge in [0.1, 0.15) is 0 Å². The first kappa shape index (κ1) is 10.7. The highest BCUT2D eigenvalue weighted by atomic mass is 15.0. The quantitative estimate of drug-likeness (QED) is 0.778. The van der Waals surface area contributed by atoms with Crippen molar-refractivity contribution in [1.29, 1.82) is 0 Å². The molecule has 0 aromatic heterocycles. The molecule has 15 heavy (non-hydrogen) atoms. The molecule has 0 atom stereocenters. The van der Waals surface area contributed by atoms with Crippen LogP contribution in [0.2, 0.25) is 0 Å². The Bertz CT molecular complexity index is 329. The monoisotopic (exact) mass is 204 g/mol. The number of aryl methyl sites for hydroxylation is 2. The first-order valence-electron chi connectivity index (χ1n) is 5.73. The van der Waals surface area contributed by atoms with Crippen LogP contribution in [0.5, 0.6) is 0 Å². The van der Waals surface area contributed by atoms with Crippen LogP contribution in [0.15, 0.2) is 18.2 Å². The average Bonchev–Trinajstić information content (AvgIpc) is 2.12. The molecule has 1 saturated heterocycles. The van der Waals surface area contributed by atoms with E-state index >= 15 is 0 Å². The van der Waals surface area contributed by atoms with Crippen molar-refractivity contribution in [3.8, 4) is 0 Å². The standard InChI is InChI=1S/C13H20N2/c1-10-3-4-13(11(2)5-10)9-15-8-12-6-14-7-12/h3-5,12,14-15H,6-9H2,1-2H3. The molecule has 0 saturated carbocycles. The Morgan fingerprint density at radius 1 is 1.33 bits per heavy atom. The Labute approximate surface area is 92.1 Å². The van der Waals surface area contributed by atoms with Gasteiger partial charge in [-0.15, -0.1) is 0 Å². The largest absolute Gasteiger partial charge is 0.316 e. The minimum atomic E-state index is 0.843. The molecule has 0 amide bonds. The van der Waals surface area contributed by atoms with Crippen molar-refractivity contribution in [2.24, 2.45) is 5.92 Å². The minimum absolute atomic E-state index is 0.843. The van der Waals surface area contributed by atoms with E-state index in [4.69, 9.17) is 0 Å². The summed E-state index contributed by atoms with van der Waals surface area (Å²) in [5, 5.41) is 6.81. The van der Waals surface area contributed by atoms with E-state index in [1.807, 2.05) is 0 Å². The second-order valence-corrected chi connectivity index (χ2v) is 4.59. The fourth-order valence-electron chi connectivity index (χ4n) is 1.95. The van der Waals surface area contributed by atoms with E-state index in [0.717, 1.165) is 19.0 Å². The van der Waals surface area contributed by atoms with Gasteiger partial charge in [0.2, 0.25) is 0 Å². The van der Waals surface area contributed by atoms with E-state index in [0.29, 0.717) is 0 Å². The lowest BCUT2D eigenvalue weighted by atomic mass is 10.0. The summed E-state index contributed by atoms with van der Waals surface area (Å²) in [6.07, 6.45) is 0. The van der Waals surface area contributed by atoms with Crippen molar-refractivity contribution >= 4 is 0 Å². The molecule has 1 fully saturated rings. The molecule has 0 aliphatic carbocycles. The van der Waals surface area contributed by atoms with E-state index in [2.05, 4.69) is 42.7 Å². The minimum Gasteiger partial charge on any atom is -0.316 e. The van der Waals surface area contributed by atoms with Crippen molar-refractivity contribution in [3.05, 3.63) is 34.9 Å². The number of benzene rings is 1. The molecule has 1 heterocycles. The van der Waals surface area contributed by atoms with Gasteiger partial charge in [-0.3, -0.25) is 0 Å². The summed E-state index contributed by atoms with van der Waals surface area (Å²) in [7, 11) is 0. The van der Waals surface area contributed by atoms with Gasteiger partial charge in [0.25, 0.3) is 0 Å². The Kier molecular flexibility index (Phi) is 3.39. The van der Waals surface area contributed by atoms with Gasteiger partial charge in [0.05, 0.1) is 0 Å². The zero-order valence-electron chi connectivity index (χ0n) is 9.64. The topological polar surface area (TPSA) is 24.1 Å². The maximum Gasteiger partial charge on any atom is 0.0208 e. The molecule has 2 nitrogen and oxygen atoms in total. The van der Waals surface area contributed by atoms with Crippen molar-refractivity contribution in [2.75, 3.05) is 19.6 Å². The highest BCUT2D eigenvalue weighted by Crippen LogP contribution is 2.10. The third-order valence-electron chi connectivity index (χ3n) is 3.11. The van der Waals surface area contributed by atoms with Crippen LogP contribution in [0.1, 0.15) is 16.7 Å². The Hall–Kier alpha value is -0.860. The van der Waals surface area contributed by atoms with Crippen LogP contribution >= 0.6 is 0 Å². The van der Waals surface area contributed by atoms with Crippen LogP contribution in [0.3, 0.4) is 0 Å². The van der Waals surface area contributed by atoms with Gasteiger partial charge in [-0.05, 0) is 30.9 Å². The SMILES string of the molecule is Cc1ccc(CNCC2CNC2)c(C)c1. The second kappa shape index (κ2) is 4.77. The fraction of sp³-hybridized carbons (Fsp3) is 0.538. The maximum absolute atomic E-state index is 3.52. The summed E-state index contributed by atoms with van der Waals surface area (Å²) >= 11 is 0. The summed E-state index contributed by atoms with van der Waals surface area (Å²) < 4.78 is 0. The summed E-state index contributed by atoms with van der Waals surface area (Å²) in [5.74, 6) is 0.843. The van der Waals surface area contributed by atoms with Crippen LogP contribution in [0.4, 0.5) is 0 Å². The summed E-state index contributed by atoms with van der Waals surface area (Å²) in [6.45, 7) is 8.84. The van der Waals surface area contributed by atoms with Crippen molar-refractivity contribution in [3.63, 3.8) is 0 Å². The van der Waals surface area contributed by atoms with Gasteiger partial charge in [-0.25, -0.2) is 0 Å². The molecule has 0 bridgehead atoms. The summed E-state index contributed by atoms with van der Waals surface area (Å²) in [4.78, 5) is 0. The van der Waals surface area contributed by atoms with Crippen molar-refractivity contribution in [1.82, 2.24) is 10.6 Å². The highest BCUT2D eigenvalue weighted by molar-refractivity contribution is 5.30. The molecular weight excluding hydrogens is 184 g/mol. The predicted octanol–water partition coefficient (Wildman–Crippen LogP) is 1.61. The fourth-order valence-corrected chi connectivity index (χ4v) is 1.95. The van der Waals surface area contributed by atoms with Gasteiger partial charge in [0, 0.05) is 26.2 Å². The number of hydrogen-bond donors (Lipinski definition) is 2. The second-order valence-electron chi connectivity index (χ2n) is 4.59. The number of rotatable bonds is 4. The van der Waals surface area contributed by atoms with Crippen LogP contribution in [0.25, 0.3) is 0 Å². The Balaban J connectivity index is 1.81. The molecule has 2 rings (SSSR count). The molecule has 1 aliphatic rings. The zero-order chi connectivity index (χ0) is 10.7. The van der Waals surface area contributed by atoms with Gasteiger partial charge < -0.3 is 10.6 Å². The molecule has 1 aromatic carbocycles. The maximum atomic E-state index is 3.52. The molecule has 0 radical (unpaired) electrons. The first-order valence-corrected chi connectivity index (χ1v) is 5.73. The zero-order valence-corrected chi connectivity index (χ0v) is 9.64. The third-order valence-corrected chi connectivity index (χ3v) is 3.11. The molecule has 1 aliphatic heterocycles. The molecular formula is C13H20N2. The third kappa shape index (κ3) is 2.80. The average molecular weight is 204 g/mol. The van der Waals surface area contributed by atoms with Gasteiger partial charge in [-0.2, -0.15) is 0 Å². The number of nitrogens with one attached hydrogen (secondary N) is 2. The molecule has 2 heteroatoms. The van der Waals surface area contributed by atoms with Crippen LogP contribution in [0, 0.1) is 19.8 Å². The van der Waals surface area contributed by atoms with E-state index in [9.17, 15) is 0 Å². The highest BCUT2D eigenvalue weighted by Gasteiger charge is 2.15. The lowest BCUT2D eigenvalue weighted by Gasteiger charge is -2.27. The predicted molar refractivity (Wildman–Crippen MR) is 64.0 cm³/mol. The molecule has 0 spiro atoms. The van der Waals surface area contributed by atoms with Gasteiger partial charge in [0.15, 0.2) is 0 Å². The molecule has 1 aromatic rings. The van der Waals surface area contributed by atoms with Crippen molar-refractivity contribution < 1.29 is 0 Å². The smallest absolute Gasteiger partial charge is 0.0208 e.